The van der Waals surface area contributed by atoms with Gasteiger partial charge in [0.15, 0.2) is 29.1 Å². The van der Waals surface area contributed by atoms with Gasteiger partial charge in [0.1, 0.15) is 0 Å². The molecule has 0 saturated carbocycles. The Morgan fingerprint density at radius 3 is 1.35 bits per heavy atom. The summed E-state index contributed by atoms with van der Waals surface area (Å²) in [5, 5.41) is 4.37. The molecule has 8 heteroatoms. The fourth-order valence-electron chi connectivity index (χ4n) is 9.54. The average molecular weight is 871 g/mol. The normalized spacial score (nSPS) is 11.5. The van der Waals surface area contributed by atoms with Gasteiger partial charge in [-0.2, -0.15) is 9.97 Å². The smallest absolute Gasteiger partial charge is 0.238 e. The van der Waals surface area contributed by atoms with Crippen molar-refractivity contribution in [3.8, 4) is 79.7 Å². The van der Waals surface area contributed by atoms with E-state index in [2.05, 4.69) is 143 Å². The Hall–Kier alpha value is -9.40. The molecule has 0 bridgehead atoms. The number of hydrogen-bond acceptors (Lipinski definition) is 6. The van der Waals surface area contributed by atoms with Crippen molar-refractivity contribution >= 4 is 43.6 Å². The van der Waals surface area contributed by atoms with Gasteiger partial charge in [0.25, 0.3) is 0 Å². The predicted molar refractivity (Wildman–Crippen MR) is 275 cm³/mol. The number of aromatic nitrogens is 8. The molecule has 0 amide bonds. The molecule has 13 rings (SSSR count). The summed E-state index contributed by atoms with van der Waals surface area (Å²) in [5.41, 5.74) is 11.7. The van der Waals surface area contributed by atoms with Crippen molar-refractivity contribution in [3.63, 3.8) is 0 Å². The first-order valence-corrected chi connectivity index (χ1v) is 22.6. The van der Waals surface area contributed by atoms with Crippen LogP contribution in [-0.2, 0) is 0 Å². The van der Waals surface area contributed by atoms with Gasteiger partial charge in [0, 0.05) is 49.4 Å². The molecule has 0 atom stereocenters. The summed E-state index contributed by atoms with van der Waals surface area (Å²) in [4.78, 5) is 31.3. The van der Waals surface area contributed by atoms with Crippen LogP contribution >= 0.6 is 0 Å². The molecule has 0 fully saturated rings. The van der Waals surface area contributed by atoms with Crippen molar-refractivity contribution < 1.29 is 0 Å². The number of nitrogens with zero attached hydrogens (tertiary/aromatic N) is 8. The average Bonchev–Trinajstić information content (AvgIpc) is 3.95. The van der Waals surface area contributed by atoms with Crippen molar-refractivity contribution in [3.05, 3.63) is 231 Å². The lowest BCUT2D eigenvalue weighted by Gasteiger charge is -2.15. The molecule has 9 aromatic carbocycles. The first-order valence-electron chi connectivity index (χ1n) is 22.6. The number of fused-ring (bicyclic) bond motifs is 7. The Balaban J connectivity index is 1.07. The van der Waals surface area contributed by atoms with Gasteiger partial charge >= 0.3 is 0 Å². The van der Waals surface area contributed by atoms with Crippen molar-refractivity contribution in [2.45, 2.75) is 0 Å². The van der Waals surface area contributed by atoms with Crippen LogP contribution in [-0.4, -0.2) is 39.0 Å². The van der Waals surface area contributed by atoms with E-state index >= 15 is 0 Å². The van der Waals surface area contributed by atoms with E-state index in [1.54, 1.807) is 0 Å². The van der Waals surface area contributed by atoms with Crippen molar-refractivity contribution in [1.82, 2.24) is 39.0 Å². The van der Waals surface area contributed by atoms with E-state index in [1.807, 2.05) is 97.1 Å². The van der Waals surface area contributed by atoms with Crippen LogP contribution in [0.3, 0.4) is 0 Å². The molecule has 318 valence electrons. The molecule has 0 N–H and O–H groups in total. The van der Waals surface area contributed by atoms with E-state index in [0.29, 0.717) is 35.1 Å². The van der Waals surface area contributed by atoms with Gasteiger partial charge in [0.2, 0.25) is 5.95 Å². The van der Waals surface area contributed by atoms with E-state index in [1.165, 1.54) is 0 Å². The molecule has 8 nitrogen and oxygen atoms in total. The third kappa shape index (κ3) is 6.62. The van der Waals surface area contributed by atoms with E-state index in [0.717, 1.165) is 88.2 Å². The number of hydrogen-bond donors (Lipinski definition) is 0. The monoisotopic (exact) mass is 870 g/mol. The van der Waals surface area contributed by atoms with Gasteiger partial charge in [-0.3, -0.25) is 4.57 Å². The summed E-state index contributed by atoms with van der Waals surface area (Å²) in [6.07, 6.45) is 0. The summed E-state index contributed by atoms with van der Waals surface area (Å²) in [6, 6.07) is 79.2. The highest BCUT2D eigenvalue weighted by Crippen LogP contribution is 2.43. The summed E-state index contributed by atoms with van der Waals surface area (Å²) in [6.45, 7) is 0. The molecular formula is C60H38N8. The van der Waals surface area contributed by atoms with E-state index in [4.69, 9.17) is 29.9 Å². The Morgan fingerprint density at radius 1 is 0.265 bits per heavy atom. The topological polar surface area (TPSA) is 87.2 Å². The molecule has 13 aromatic rings. The predicted octanol–water partition coefficient (Wildman–Crippen LogP) is 14.3. The standard InChI is InChI=1S/C60H38N8/c1-5-20-39(21-6-1)43-28-19-29-44(38-43)58-61-55(40-22-7-2-8-23-40)63-59(64-58)48-32-15-18-35-51(48)67-50-34-17-14-31-47(50)53-52(67)37-36-46-45-30-13-16-33-49(45)68(54(46)53)60-65-56(41-24-9-3-10-25-41)62-57(66-60)42-26-11-4-12-27-42/h1-38H. The zero-order valence-corrected chi connectivity index (χ0v) is 36.5. The fraction of sp³-hybridized carbons (Fsp3) is 0. The minimum Gasteiger partial charge on any atom is -0.308 e. The summed E-state index contributed by atoms with van der Waals surface area (Å²) in [5.74, 6) is 3.50. The van der Waals surface area contributed by atoms with Crippen LogP contribution in [0.1, 0.15) is 0 Å². The lowest BCUT2D eigenvalue weighted by atomic mass is 10.0. The maximum atomic E-state index is 5.30. The van der Waals surface area contributed by atoms with Gasteiger partial charge in [-0.05, 0) is 47.5 Å². The number of rotatable bonds is 8. The van der Waals surface area contributed by atoms with E-state index in [9.17, 15) is 0 Å². The van der Waals surface area contributed by atoms with Crippen molar-refractivity contribution in [2.75, 3.05) is 0 Å². The lowest BCUT2D eigenvalue weighted by Crippen LogP contribution is -2.06. The molecule has 0 aliphatic carbocycles. The second-order valence-corrected chi connectivity index (χ2v) is 16.7. The quantitative estimate of drug-likeness (QED) is 0.151. The molecular weight excluding hydrogens is 833 g/mol. The van der Waals surface area contributed by atoms with E-state index < -0.39 is 0 Å². The van der Waals surface area contributed by atoms with Crippen LogP contribution < -0.4 is 0 Å². The summed E-state index contributed by atoms with van der Waals surface area (Å²) >= 11 is 0. The van der Waals surface area contributed by atoms with Gasteiger partial charge in [-0.15, -0.1) is 0 Å². The van der Waals surface area contributed by atoms with Crippen LogP contribution in [0.25, 0.3) is 123 Å². The van der Waals surface area contributed by atoms with Crippen LogP contribution in [0, 0.1) is 0 Å². The first-order chi connectivity index (χ1) is 33.7. The number of para-hydroxylation sites is 3. The SMILES string of the molecule is c1ccc(-c2cccc(-c3nc(-c4ccccc4)nc(-c4ccccc4-n4c5ccccc5c5c4ccc4c6ccccc6n(-c6nc(-c7ccccc7)nc(-c7ccccc7)n6)c45)n3)c2)cc1. The number of benzene rings is 9. The molecule has 0 aliphatic heterocycles. The fourth-order valence-corrected chi connectivity index (χ4v) is 9.54. The second kappa shape index (κ2) is 16.2. The van der Waals surface area contributed by atoms with Gasteiger partial charge in [0.05, 0.1) is 27.8 Å². The maximum Gasteiger partial charge on any atom is 0.238 e. The van der Waals surface area contributed by atoms with Crippen molar-refractivity contribution in [1.29, 1.82) is 0 Å². The summed E-state index contributed by atoms with van der Waals surface area (Å²) < 4.78 is 4.57. The molecule has 0 spiro atoms. The Bertz CT molecular complexity index is 3960. The van der Waals surface area contributed by atoms with Crippen LogP contribution in [0.15, 0.2) is 231 Å². The second-order valence-electron chi connectivity index (χ2n) is 16.7. The molecule has 0 saturated heterocycles. The molecule has 0 radical (unpaired) electrons. The summed E-state index contributed by atoms with van der Waals surface area (Å²) in [7, 11) is 0. The zero-order valence-electron chi connectivity index (χ0n) is 36.5. The van der Waals surface area contributed by atoms with Crippen LogP contribution in [0.4, 0.5) is 0 Å². The first kappa shape index (κ1) is 39.0. The zero-order chi connectivity index (χ0) is 45.0. The third-order valence-electron chi connectivity index (χ3n) is 12.6. The molecule has 0 unspecified atom stereocenters. The minimum atomic E-state index is 0.538. The minimum absolute atomic E-state index is 0.538. The lowest BCUT2D eigenvalue weighted by molar-refractivity contribution is 0.955. The molecule has 0 aliphatic rings. The molecule has 4 aromatic heterocycles. The Kier molecular flexibility index (Phi) is 9.31. The third-order valence-corrected chi connectivity index (χ3v) is 12.6. The van der Waals surface area contributed by atoms with Gasteiger partial charge in [-0.1, -0.05) is 194 Å². The van der Waals surface area contributed by atoms with Gasteiger partial charge in [-0.25, -0.2) is 19.9 Å². The highest BCUT2D eigenvalue weighted by Gasteiger charge is 2.25. The maximum absolute atomic E-state index is 5.30. The molecule has 68 heavy (non-hydrogen) atoms. The Morgan fingerprint density at radius 2 is 0.721 bits per heavy atom. The highest BCUT2D eigenvalue weighted by atomic mass is 15.2. The van der Waals surface area contributed by atoms with Crippen LogP contribution in [0.2, 0.25) is 0 Å². The largest absolute Gasteiger partial charge is 0.308 e. The van der Waals surface area contributed by atoms with Crippen molar-refractivity contribution in [2.24, 2.45) is 0 Å². The molecule has 4 heterocycles. The van der Waals surface area contributed by atoms with Gasteiger partial charge < -0.3 is 4.57 Å². The highest BCUT2D eigenvalue weighted by molar-refractivity contribution is 6.26. The Labute approximate surface area is 391 Å². The van der Waals surface area contributed by atoms with E-state index in [-0.39, 0.29) is 0 Å². The van der Waals surface area contributed by atoms with Crippen LogP contribution in [0.5, 0.6) is 0 Å².